The molecular weight excluding hydrogens is 206 g/mol. The Bertz CT molecular complexity index is 370. The molecule has 86 valence electrons. The highest BCUT2D eigenvalue weighted by molar-refractivity contribution is 6.00. The minimum absolute atomic E-state index is 0.181. The Morgan fingerprint density at radius 1 is 1.06 bits per heavy atom. The summed E-state index contributed by atoms with van der Waals surface area (Å²) in [4.78, 5) is 22.2. The van der Waals surface area contributed by atoms with Crippen molar-refractivity contribution in [3.8, 4) is 0 Å². The number of Topliss-reactive ketones (excluding diaryl/α,β-unsaturated/α-hetero) is 2. The van der Waals surface area contributed by atoms with Crippen molar-refractivity contribution in [3.63, 3.8) is 0 Å². The van der Waals surface area contributed by atoms with Gasteiger partial charge in [0.05, 0.1) is 6.42 Å². The molecule has 3 N–H and O–H groups in total. The molecule has 0 aliphatic carbocycles. The van der Waals surface area contributed by atoms with Gasteiger partial charge in [-0.3, -0.25) is 9.59 Å². The van der Waals surface area contributed by atoms with Gasteiger partial charge in [0, 0.05) is 13.0 Å². The largest absolute Gasteiger partial charge is 0.389 e. The summed E-state index contributed by atoms with van der Waals surface area (Å²) in [5.41, 5.74) is 7.30. The predicted molar refractivity (Wildman–Crippen MR) is 59.8 cm³/mol. The van der Waals surface area contributed by atoms with E-state index >= 15 is 0 Å². The zero-order valence-corrected chi connectivity index (χ0v) is 8.98. The van der Waals surface area contributed by atoms with Gasteiger partial charge in [-0.1, -0.05) is 24.3 Å². The molecule has 4 heteroatoms. The molecule has 0 amide bonds. The maximum absolute atomic E-state index is 11.4. The van der Waals surface area contributed by atoms with Crippen LogP contribution in [0.4, 0.5) is 0 Å². The first-order valence-electron chi connectivity index (χ1n) is 5.08. The Morgan fingerprint density at radius 2 is 1.62 bits per heavy atom. The minimum Gasteiger partial charge on any atom is -0.389 e. The number of ketones is 2. The molecule has 0 aromatic heterocycles. The summed E-state index contributed by atoms with van der Waals surface area (Å²) in [6.07, 6.45) is 0.0196. The third-order valence-corrected chi connectivity index (χ3v) is 2.23. The third kappa shape index (κ3) is 3.92. The molecule has 0 radical (unpaired) electrons. The Morgan fingerprint density at radius 3 is 2.12 bits per heavy atom. The summed E-state index contributed by atoms with van der Waals surface area (Å²) in [5.74, 6) is -0.622. The van der Waals surface area contributed by atoms with Crippen LogP contribution < -0.4 is 5.73 Å². The van der Waals surface area contributed by atoms with Gasteiger partial charge in [-0.05, 0) is 11.1 Å². The summed E-state index contributed by atoms with van der Waals surface area (Å²) < 4.78 is 0. The van der Waals surface area contributed by atoms with Gasteiger partial charge in [0.15, 0.2) is 5.78 Å². The molecule has 0 aliphatic heterocycles. The van der Waals surface area contributed by atoms with Gasteiger partial charge in [-0.15, -0.1) is 0 Å². The number of aliphatic hydroxyl groups is 1. The van der Waals surface area contributed by atoms with Crippen LogP contribution in [0.5, 0.6) is 0 Å². The topological polar surface area (TPSA) is 80.4 Å². The van der Waals surface area contributed by atoms with Crippen molar-refractivity contribution in [2.75, 3.05) is 6.61 Å². The van der Waals surface area contributed by atoms with E-state index in [0.29, 0.717) is 6.54 Å². The van der Waals surface area contributed by atoms with Gasteiger partial charge < -0.3 is 10.8 Å². The molecule has 0 unspecified atom stereocenters. The molecule has 0 fully saturated rings. The van der Waals surface area contributed by atoms with Gasteiger partial charge in [0.2, 0.25) is 0 Å². The fourth-order valence-corrected chi connectivity index (χ4v) is 1.36. The highest BCUT2D eigenvalue weighted by Gasteiger charge is 2.09. The maximum Gasteiger partial charge on any atom is 0.165 e. The molecule has 16 heavy (non-hydrogen) atoms. The Labute approximate surface area is 94.1 Å². The van der Waals surface area contributed by atoms with Gasteiger partial charge >= 0.3 is 0 Å². The Kier molecular flexibility index (Phi) is 4.82. The number of carbonyl (C=O) groups is 2. The van der Waals surface area contributed by atoms with Gasteiger partial charge in [-0.25, -0.2) is 0 Å². The second-order valence-corrected chi connectivity index (χ2v) is 3.61. The van der Waals surface area contributed by atoms with Crippen LogP contribution in [-0.4, -0.2) is 23.3 Å². The average Bonchev–Trinajstić information content (AvgIpc) is 2.29. The second-order valence-electron chi connectivity index (χ2n) is 3.61. The lowest BCUT2D eigenvalue weighted by Gasteiger charge is -2.01. The summed E-state index contributed by atoms with van der Waals surface area (Å²) in [5, 5.41) is 8.50. The normalized spacial score (nSPS) is 10.1. The van der Waals surface area contributed by atoms with E-state index in [9.17, 15) is 9.59 Å². The van der Waals surface area contributed by atoms with Crippen molar-refractivity contribution in [1.82, 2.24) is 0 Å². The van der Waals surface area contributed by atoms with Crippen LogP contribution in [0.15, 0.2) is 24.3 Å². The van der Waals surface area contributed by atoms with Crippen LogP contribution in [0.1, 0.15) is 17.5 Å². The first-order chi connectivity index (χ1) is 7.65. The minimum atomic E-state index is -0.572. The van der Waals surface area contributed by atoms with Crippen molar-refractivity contribution in [2.45, 2.75) is 19.4 Å². The molecular formula is C12H15NO3. The van der Waals surface area contributed by atoms with Crippen molar-refractivity contribution < 1.29 is 14.7 Å². The highest BCUT2D eigenvalue weighted by atomic mass is 16.3. The van der Waals surface area contributed by atoms with Crippen LogP contribution >= 0.6 is 0 Å². The summed E-state index contributed by atoms with van der Waals surface area (Å²) in [7, 11) is 0. The lowest BCUT2D eigenvalue weighted by atomic mass is 10.0. The average molecular weight is 221 g/mol. The molecule has 1 rings (SSSR count). The van der Waals surface area contributed by atoms with E-state index in [1.54, 1.807) is 0 Å². The van der Waals surface area contributed by atoms with E-state index in [1.807, 2.05) is 24.3 Å². The smallest absolute Gasteiger partial charge is 0.165 e. The van der Waals surface area contributed by atoms with E-state index in [2.05, 4.69) is 0 Å². The number of hydrogen-bond acceptors (Lipinski definition) is 4. The summed E-state index contributed by atoms with van der Waals surface area (Å²) in [6, 6.07) is 7.36. The number of nitrogens with two attached hydrogens (primary N) is 1. The SMILES string of the molecule is NCc1ccc(CC(=O)CC(=O)CO)cc1. The lowest BCUT2D eigenvalue weighted by molar-refractivity contribution is -0.128. The van der Waals surface area contributed by atoms with Crippen molar-refractivity contribution in [1.29, 1.82) is 0 Å². The van der Waals surface area contributed by atoms with Crippen LogP contribution in [0, 0.1) is 0 Å². The van der Waals surface area contributed by atoms with Crippen LogP contribution in [0.2, 0.25) is 0 Å². The third-order valence-electron chi connectivity index (χ3n) is 2.23. The molecule has 0 atom stereocenters. The van der Waals surface area contributed by atoms with Gasteiger partial charge in [0.25, 0.3) is 0 Å². The monoisotopic (exact) mass is 221 g/mol. The highest BCUT2D eigenvalue weighted by Crippen LogP contribution is 2.06. The summed E-state index contributed by atoms with van der Waals surface area (Å²) in [6.45, 7) is -0.102. The van der Waals surface area contributed by atoms with Crippen LogP contribution in [0.25, 0.3) is 0 Å². The van der Waals surface area contributed by atoms with Gasteiger partial charge in [0.1, 0.15) is 12.4 Å². The van der Waals surface area contributed by atoms with E-state index in [-0.39, 0.29) is 18.6 Å². The Balaban J connectivity index is 2.52. The number of carbonyl (C=O) groups excluding carboxylic acids is 2. The summed E-state index contributed by atoms with van der Waals surface area (Å²) >= 11 is 0. The number of benzene rings is 1. The molecule has 1 aromatic rings. The van der Waals surface area contributed by atoms with Crippen LogP contribution in [-0.2, 0) is 22.6 Å². The lowest BCUT2D eigenvalue weighted by Crippen LogP contribution is -2.13. The van der Waals surface area contributed by atoms with E-state index in [0.717, 1.165) is 11.1 Å². The predicted octanol–water partition coefficient (Wildman–Crippen LogP) is 0.208. The zero-order valence-electron chi connectivity index (χ0n) is 8.98. The molecule has 0 aliphatic rings. The molecule has 0 saturated heterocycles. The van der Waals surface area contributed by atoms with E-state index < -0.39 is 12.4 Å². The first-order valence-corrected chi connectivity index (χ1v) is 5.08. The first kappa shape index (κ1) is 12.5. The molecule has 1 aromatic carbocycles. The van der Waals surface area contributed by atoms with Crippen molar-refractivity contribution in [2.24, 2.45) is 5.73 Å². The van der Waals surface area contributed by atoms with Crippen molar-refractivity contribution in [3.05, 3.63) is 35.4 Å². The zero-order chi connectivity index (χ0) is 12.0. The Hall–Kier alpha value is -1.52. The van der Waals surface area contributed by atoms with Gasteiger partial charge in [-0.2, -0.15) is 0 Å². The fourth-order valence-electron chi connectivity index (χ4n) is 1.36. The molecule has 0 bridgehead atoms. The number of rotatable bonds is 6. The number of aliphatic hydroxyl groups excluding tert-OH is 1. The molecule has 4 nitrogen and oxygen atoms in total. The number of hydrogen-bond donors (Lipinski definition) is 2. The van der Waals surface area contributed by atoms with Crippen LogP contribution in [0.3, 0.4) is 0 Å². The quantitative estimate of drug-likeness (QED) is 0.673. The fraction of sp³-hybridized carbons (Fsp3) is 0.333. The standard InChI is InChI=1S/C12H15NO3/c13-7-10-3-1-9(2-4-10)5-11(15)6-12(16)8-14/h1-4,14H,5-8,13H2. The molecule has 0 spiro atoms. The second kappa shape index (κ2) is 6.15. The van der Waals surface area contributed by atoms with E-state index in [1.165, 1.54) is 0 Å². The van der Waals surface area contributed by atoms with Crippen molar-refractivity contribution >= 4 is 11.6 Å². The maximum atomic E-state index is 11.4. The van der Waals surface area contributed by atoms with E-state index in [4.69, 9.17) is 10.8 Å². The molecule has 0 heterocycles. The molecule has 0 saturated carbocycles.